The van der Waals surface area contributed by atoms with Crippen LogP contribution in [0.25, 0.3) is 0 Å². The Morgan fingerprint density at radius 1 is 1.62 bits per heavy atom. The van der Waals surface area contributed by atoms with Gasteiger partial charge < -0.3 is 15.6 Å². The van der Waals surface area contributed by atoms with E-state index in [1.54, 1.807) is 6.07 Å². The highest BCUT2D eigenvalue weighted by Crippen LogP contribution is 2.19. The Labute approximate surface area is 80.3 Å². The summed E-state index contributed by atoms with van der Waals surface area (Å²) in [6.45, 7) is 0.108. The fourth-order valence-electron chi connectivity index (χ4n) is 0.750. The molecule has 0 unspecified atom stereocenters. The molecule has 0 amide bonds. The fourth-order valence-corrected chi connectivity index (χ4v) is 1.39. The first kappa shape index (κ1) is 10.1. The molecule has 1 heterocycles. The van der Waals surface area contributed by atoms with Gasteiger partial charge in [-0.2, -0.15) is 4.98 Å². The predicted molar refractivity (Wildman–Crippen MR) is 50.8 cm³/mol. The molecule has 0 atom stereocenters. The van der Waals surface area contributed by atoms with Crippen LogP contribution < -0.4 is 10.5 Å². The van der Waals surface area contributed by atoms with Crippen molar-refractivity contribution >= 4 is 17.7 Å². The summed E-state index contributed by atoms with van der Waals surface area (Å²) in [6, 6.07) is 1.68. The molecule has 1 aromatic rings. The SMILES string of the molecule is COc1cc(SCCO)nc(N)n1. The van der Waals surface area contributed by atoms with Gasteiger partial charge in [0, 0.05) is 11.8 Å². The van der Waals surface area contributed by atoms with Crippen molar-refractivity contribution in [3.05, 3.63) is 6.07 Å². The number of rotatable bonds is 4. The van der Waals surface area contributed by atoms with Crippen molar-refractivity contribution < 1.29 is 9.84 Å². The highest BCUT2D eigenvalue weighted by Gasteiger charge is 2.02. The predicted octanol–water partition coefficient (Wildman–Crippen LogP) is 0.152. The van der Waals surface area contributed by atoms with Gasteiger partial charge in [0.25, 0.3) is 0 Å². The lowest BCUT2D eigenvalue weighted by molar-refractivity contribution is 0.322. The van der Waals surface area contributed by atoms with Crippen LogP contribution in [0.1, 0.15) is 0 Å². The first-order valence-electron chi connectivity index (χ1n) is 3.68. The second kappa shape index (κ2) is 4.88. The molecule has 0 aromatic carbocycles. The number of nitrogens with two attached hydrogens (primary N) is 1. The summed E-state index contributed by atoms with van der Waals surface area (Å²) in [7, 11) is 1.52. The molecule has 0 aliphatic heterocycles. The zero-order valence-electron chi connectivity index (χ0n) is 7.23. The Balaban J connectivity index is 2.76. The highest BCUT2D eigenvalue weighted by molar-refractivity contribution is 7.99. The van der Waals surface area contributed by atoms with E-state index in [4.69, 9.17) is 15.6 Å². The molecule has 0 saturated heterocycles. The fraction of sp³-hybridized carbons (Fsp3) is 0.429. The third-order valence-corrected chi connectivity index (χ3v) is 2.14. The van der Waals surface area contributed by atoms with Crippen LogP contribution in [-0.2, 0) is 0 Å². The minimum absolute atomic E-state index is 0.108. The molecule has 13 heavy (non-hydrogen) atoms. The summed E-state index contributed by atoms with van der Waals surface area (Å²) in [5.74, 6) is 1.20. The van der Waals surface area contributed by atoms with E-state index in [-0.39, 0.29) is 12.6 Å². The van der Waals surface area contributed by atoms with E-state index >= 15 is 0 Å². The van der Waals surface area contributed by atoms with Gasteiger partial charge in [-0.05, 0) is 0 Å². The van der Waals surface area contributed by atoms with E-state index in [1.807, 2.05) is 0 Å². The van der Waals surface area contributed by atoms with Crippen molar-refractivity contribution in [3.63, 3.8) is 0 Å². The highest BCUT2D eigenvalue weighted by atomic mass is 32.2. The number of aromatic nitrogens is 2. The molecule has 72 valence electrons. The van der Waals surface area contributed by atoms with Crippen molar-refractivity contribution in [2.75, 3.05) is 25.2 Å². The van der Waals surface area contributed by atoms with E-state index in [0.717, 1.165) is 0 Å². The van der Waals surface area contributed by atoms with Crippen LogP contribution in [0.4, 0.5) is 5.95 Å². The quantitative estimate of drug-likeness (QED) is 0.533. The average molecular weight is 201 g/mol. The van der Waals surface area contributed by atoms with Gasteiger partial charge in [-0.15, -0.1) is 11.8 Å². The molecule has 0 aliphatic rings. The molecule has 0 fully saturated rings. The Morgan fingerprint density at radius 2 is 2.38 bits per heavy atom. The lowest BCUT2D eigenvalue weighted by atomic mass is 10.6. The Kier molecular flexibility index (Phi) is 3.78. The van der Waals surface area contributed by atoms with Gasteiger partial charge >= 0.3 is 0 Å². The molecule has 0 bridgehead atoms. The molecular weight excluding hydrogens is 190 g/mol. The average Bonchev–Trinajstić information content (AvgIpc) is 2.14. The molecule has 6 heteroatoms. The third kappa shape index (κ3) is 3.08. The maximum absolute atomic E-state index is 8.60. The summed E-state index contributed by atoms with van der Waals surface area (Å²) < 4.78 is 4.91. The van der Waals surface area contributed by atoms with Crippen molar-refractivity contribution in [3.8, 4) is 5.88 Å². The molecule has 3 N–H and O–H groups in total. The zero-order valence-corrected chi connectivity index (χ0v) is 8.04. The monoisotopic (exact) mass is 201 g/mol. The Bertz CT molecular complexity index is 282. The number of aliphatic hydroxyl groups excluding tert-OH is 1. The maximum atomic E-state index is 8.60. The standard InChI is InChI=1S/C7H11N3O2S/c1-12-5-4-6(13-3-2-11)10-7(8)9-5/h4,11H,2-3H2,1H3,(H2,8,9,10). The summed E-state index contributed by atoms with van der Waals surface area (Å²) >= 11 is 1.40. The van der Waals surface area contributed by atoms with Gasteiger partial charge in [0.15, 0.2) is 0 Å². The summed E-state index contributed by atoms with van der Waals surface area (Å²) in [5, 5.41) is 9.30. The van der Waals surface area contributed by atoms with Crippen LogP contribution in [0.2, 0.25) is 0 Å². The molecule has 5 nitrogen and oxygen atoms in total. The molecule has 0 aliphatic carbocycles. The molecule has 1 rings (SSSR count). The van der Waals surface area contributed by atoms with Gasteiger partial charge in [0.1, 0.15) is 5.03 Å². The topological polar surface area (TPSA) is 81.3 Å². The molecule has 1 aromatic heterocycles. The van der Waals surface area contributed by atoms with Crippen molar-refractivity contribution in [2.45, 2.75) is 5.03 Å². The van der Waals surface area contributed by atoms with E-state index in [9.17, 15) is 0 Å². The number of hydrogen-bond acceptors (Lipinski definition) is 6. The number of nitrogen functional groups attached to an aromatic ring is 1. The minimum atomic E-state index is 0.108. The van der Waals surface area contributed by atoms with Crippen LogP contribution in [0.3, 0.4) is 0 Å². The first-order valence-corrected chi connectivity index (χ1v) is 4.67. The van der Waals surface area contributed by atoms with Crippen LogP contribution in [0.15, 0.2) is 11.1 Å². The van der Waals surface area contributed by atoms with Crippen molar-refractivity contribution in [1.82, 2.24) is 9.97 Å². The van der Waals surface area contributed by atoms with E-state index in [2.05, 4.69) is 9.97 Å². The number of thioether (sulfide) groups is 1. The van der Waals surface area contributed by atoms with Gasteiger partial charge in [-0.1, -0.05) is 0 Å². The normalized spacial score (nSPS) is 10.0. The second-order valence-corrected chi connectivity index (χ2v) is 3.29. The number of aliphatic hydroxyl groups is 1. The molecular formula is C7H11N3O2S. The molecule has 0 saturated carbocycles. The van der Waals surface area contributed by atoms with Crippen LogP contribution in [0.5, 0.6) is 5.88 Å². The van der Waals surface area contributed by atoms with E-state index < -0.39 is 0 Å². The lowest BCUT2D eigenvalue weighted by Gasteiger charge is -2.02. The number of nitrogens with zero attached hydrogens (tertiary/aromatic N) is 2. The Hall–Kier alpha value is -1.01. The number of methoxy groups -OCH3 is 1. The Morgan fingerprint density at radius 3 is 3.00 bits per heavy atom. The summed E-state index contributed by atoms with van der Waals surface area (Å²) in [5.41, 5.74) is 5.43. The van der Waals surface area contributed by atoms with E-state index in [1.165, 1.54) is 18.9 Å². The minimum Gasteiger partial charge on any atom is -0.481 e. The van der Waals surface area contributed by atoms with Gasteiger partial charge in [-0.25, -0.2) is 4.98 Å². The summed E-state index contributed by atoms with van der Waals surface area (Å²) in [6.07, 6.45) is 0. The van der Waals surface area contributed by atoms with Crippen molar-refractivity contribution in [1.29, 1.82) is 0 Å². The van der Waals surface area contributed by atoms with Crippen LogP contribution >= 0.6 is 11.8 Å². The van der Waals surface area contributed by atoms with Gasteiger partial charge in [-0.3, -0.25) is 0 Å². The van der Waals surface area contributed by atoms with Crippen molar-refractivity contribution in [2.24, 2.45) is 0 Å². The zero-order chi connectivity index (χ0) is 9.68. The second-order valence-electron chi connectivity index (χ2n) is 2.18. The largest absolute Gasteiger partial charge is 0.481 e. The van der Waals surface area contributed by atoms with Crippen LogP contribution in [0, 0.1) is 0 Å². The summed E-state index contributed by atoms with van der Waals surface area (Å²) in [4.78, 5) is 7.79. The maximum Gasteiger partial charge on any atom is 0.224 e. The number of hydrogen-bond donors (Lipinski definition) is 2. The third-order valence-electron chi connectivity index (χ3n) is 1.25. The first-order chi connectivity index (χ1) is 6.26. The number of anilines is 1. The lowest BCUT2D eigenvalue weighted by Crippen LogP contribution is -1.99. The number of ether oxygens (including phenoxy) is 1. The van der Waals surface area contributed by atoms with Gasteiger partial charge in [0.05, 0.1) is 13.7 Å². The van der Waals surface area contributed by atoms with Crippen LogP contribution in [-0.4, -0.2) is 34.5 Å². The van der Waals surface area contributed by atoms with Gasteiger partial charge in [0.2, 0.25) is 11.8 Å². The smallest absolute Gasteiger partial charge is 0.224 e. The molecule has 0 radical (unpaired) electrons. The molecule has 0 spiro atoms. The van der Waals surface area contributed by atoms with E-state index in [0.29, 0.717) is 16.7 Å².